The van der Waals surface area contributed by atoms with Crippen LogP contribution in [0, 0.1) is 0 Å². The number of pyridine rings is 1. The van der Waals surface area contributed by atoms with Crippen molar-refractivity contribution < 1.29 is 13.9 Å². The van der Waals surface area contributed by atoms with Crippen LogP contribution in [0.1, 0.15) is 31.2 Å². The number of thioether (sulfide) groups is 1. The van der Waals surface area contributed by atoms with E-state index in [1.165, 1.54) is 18.4 Å². The quantitative estimate of drug-likeness (QED) is 0.541. The van der Waals surface area contributed by atoms with Crippen molar-refractivity contribution in [2.75, 3.05) is 5.32 Å². The molecule has 0 saturated carbocycles. The molecule has 166 valence electrons. The molecule has 4 N–H and O–H groups in total. The Labute approximate surface area is 189 Å². The molecule has 4 atom stereocenters. The Hall–Kier alpha value is -2.91. The molecule has 5 heterocycles. The first-order valence-electron chi connectivity index (χ1n) is 11.0. The van der Waals surface area contributed by atoms with Gasteiger partial charge in [-0.1, -0.05) is 11.8 Å². The van der Waals surface area contributed by atoms with Crippen LogP contribution in [0.2, 0.25) is 0 Å². The minimum Gasteiger partial charge on any atom is -0.464 e. The summed E-state index contributed by atoms with van der Waals surface area (Å²) in [6.45, 7) is 0.854. The van der Waals surface area contributed by atoms with Crippen LogP contribution >= 0.6 is 11.8 Å². The number of hydrogen-bond acceptors (Lipinski definition) is 7. The monoisotopic (exact) mass is 451 g/mol. The van der Waals surface area contributed by atoms with Gasteiger partial charge in [0.1, 0.15) is 17.2 Å². The molecule has 3 aliphatic rings. The number of rotatable bonds is 5. The minimum atomic E-state index is -0.423. The molecule has 3 aromatic rings. The number of urea groups is 1. The molecule has 0 spiro atoms. The first-order chi connectivity index (χ1) is 15.6. The first-order valence-corrected chi connectivity index (χ1v) is 11.9. The van der Waals surface area contributed by atoms with Gasteiger partial charge in [0.05, 0.1) is 11.2 Å². The zero-order valence-corrected chi connectivity index (χ0v) is 18.3. The zero-order valence-electron chi connectivity index (χ0n) is 17.5. The fourth-order valence-electron chi connectivity index (χ4n) is 5.33. The Balaban J connectivity index is 1.14. The van der Waals surface area contributed by atoms with Crippen molar-refractivity contribution in [2.24, 2.45) is 5.73 Å². The maximum Gasteiger partial charge on any atom is 0.312 e. The number of nitrogens with two attached hydrogens (primary N) is 1. The largest absolute Gasteiger partial charge is 0.464 e. The molecule has 6 rings (SSSR count). The third-order valence-corrected chi connectivity index (χ3v) is 7.72. The number of piperidine rings is 1. The van der Waals surface area contributed by atoms with Gasteiger partial charge in [-0.15, -0.1) is 0 Å². The number of nitrogens with one attached hydrogen (secondary N) is 2. The Morgan fingerprint density at radius 3 is 2.94 bits per heavy atom. The molecule has 8 nitrogen and oxygen atoms in total. The highest BCUT2D eigenvalue weighted by Crippen LogP contribution is 2.40. The number of anilines is 1. The number of nitrogens with zero attached hydrogens (tertiary/aromatic N) is 2. The van der Waals surface area contributed by atoms with E-state index in [9.17, 15) is 4.79 Å². The highest BCUT2D eigenvalue weighted by molar-refractivity contribution is 8.00. The average molecular weight is 452 g/mol. The summed E-state index contributed by atoms with van der Waals surface area (Å²) >= 11 is 1.61. The molecule has 2 aromatic heterocycles. The van der Waals surface area contributed by atoms with Gasteiger partial charge in [-0.25, -0.2) is 9.78 Å². The summed E-state index contributed by atoms with van der Waals surface area (Å²) < 4.78 is 12.0. The smallest absolute Gasteiger partial charge is 0.312 e. The van der Waals surface area contributed by atoms with Gasteiger partial charge < -0.3 is 25.5 Å². The third-order valence-electron chi connectivity index (χ3n) is 6.71. The number of furan rings is 1. The maximum atomic E-state index is 11.2. The molecular formula is C23H25N5O3S. The highest BCUT2D eigenvalue weighted by Gasteiger charge is 2.41. The first kappa shape index (κ1) is 19.8. The molecule has 2 amide bonds. The lowest BCUT2D eigenvalue weighted by molar-refractivity contribution is 0.112. The van der Waals surface area contributed by atoms with Crippen molar-refractivity contribution >= 4 is 34.6 Å². The lowest BCUT2D eigenvalue weighted by atomic mass is 9.96. The number of carbonyl (C=O) groups excluding carboxylic acids is 1. The summed E-state index contributed by atoms with van der Waals surface area (Å²) in [5.74, 6) is 1.61. The van der Waals surface area contributed by atoms with E-state index in [2.05, 4.69) is 26.6 Å². The molecule has 2 fully saturated rings. The summed E-state index contributed by atoms with van der Waals surface area (Å²) in [5.41, 5.74) is 7.14. The molecular weight excluding hydrogens is 426 g/mol. The van der Waals surface area contributed by atoms with Gasteiger partial charge in [-0.05, 0) is 49.9 Å². The molecule has 32 heavy (non-hydrogen) atoms. The van der Waals surface area contributed by atoms with Crippen molar-refractivity contribution in [3.05, 3.63) is 48.4 Å². The summed E-state index contributed by atoms with van der Waals surface area (Å²) in [6.07, 6.45) is 7.88. The van der Waals surface area contributed by atoms with Crippen LogP contribution in [0.3, 0.4) is 0 Å². The molecule has 3 aliphatic heterocycles. The second-order valence-electron chi connectivity index (χ2n) is 8.72. The van der Waals surface area contributed by atoms with E-state index >= 15 is 0 Å². The molecule has 0 radical (unpaired) electrons. The molecule has 2 saturated heterocycles. The van der Waals surface area contributed by atoms with Gasteiger partial charge in [0.2, 0.25) is 5.56 Å². The highest BCUT2D eigenvalue weighted by atomic mass is 32.2. The third kappa shape index (κ3) is 3.65. The van der Waals surface area contributed by atoms with Crippen LogP contribution in [0.4, 0.5) is 10.6 Å². The predicted molar refractivity (Wildman–Crippen MR) is 122 cm³/mol. The fraction of sp³-hybridized carbons (Fsp3) is 0.391. The lowest BCUT2D eigenvalue weighted by Gasteiger charge is -2.38. The number of primary amides is 1. The number of hydrogen-bond donors (Lipinski definition) is 3. The SMILES string of the molecule is NC(=O)NC1C[C@H]2CC[C@@H](C1)N2Cc1coc2cc(OC3Nc4ncccc4S3)ccc12. The standard InChI is InChI=1S/C23H25N5O3S/c24-22(29)26-14-8-15-3-4-16(9-14)28(15)11-13-12-30-19-10-17(5-6-18(13)19)31-23-27-21-20(32-23)2-1-7-25-21/h1-2,5-7,10,12,14-16,23H,3-4,8-9,11H2,(H,25,27)(H3,24,26,29)/t14?,15-,16+,23?. The van der Waals surface area contributed by atoms with Crippen molar-refractivity contribution in [1.29, 1.82) is 0 Å². The van der Waals surface area contributed by atoms with E-state index in [1.54, 1.807) is 18.0 Å². The van der Waals surface area contributed by atoms with E-state index in [1.807, 2.05) is 30.5 Å². The second-order valence-corrected chi connectivity index (χ2v) is 9.82. The predicted octanol–water partition coefficient (Wildman–Crippen LogP) is 3.87. The zero-order chi connectivity index (χ0) is 21.7. The normalized spacial score (nSPS) is 26.6. The number of ether oxygens (including phenoxy) is 1. The lowest BCUT2D eigenvalue weighted by Crippen LogP contribution is -2.51. The van der Waals surface area contributed by atoms with Crippen LogP contribution in [0.25, 0.3) is 11.0 Å². The number of carbonyl (C=O) groups is 1. The Morgan fingerprint density at radius 1 is 1.31 bits per heavy atom. The van der Waals surface area contributed by atoms with Crippen molar-refractivity contribution in [3.8, 4) is 5.75 Å². The number of amides is 2. The van der Waals surface area contributed by atoms with Crippen molar-refractivity contribution in [2.45, 2.75) is 60.8 Å². The summed E-state index contributed by atoms with van der Waals surface area (Å²) in [4.78, 5) is 19.2. The van der Waals surface area contributed by atoms with Gasteiger partial charge in [0.25, 0.3) is 0 Å². The van der Waals surface area contributed by atoms with Crippen LogP contribution in [0.5, 0.6) is 5.75 Å². The van der Waals surface area contributed by atoms with Crippen LogP contribution in [-0.2, 0) is 6.54 Å². The molecule has 1 aromatic carbocycles. The van der Waals surface area contributed by atoms with Gasteiger partial charge in [0.15, 0.2) is 0 Å². The van der Waals surface area contributed by atoms with Crippen molar-refractivity contribution in [1.82, 2.24) is 15.2 Å². The van der Waals surface area contributed by atoms with Gasteiger partial charge >= 0.3 is 6.03 Å². The van der Waals surface area contributed by atoms with E-state index in [-0.39, 0.29) is 11.6 Å². The molecule has 0 aliphatic carbocycles. The maximum absolute atomic E-state index is 11.2. The van der Waals surface area contributed by atoms with E-state index < -0.39 is 6.03 Å². The van der Waals surface area contributed by atoms with Gasteiger partial charge in [0, 0.05) is 47.9 Å². The van der Waals surface area contributed by atoms with E-state index in [0.29, 0.717) is 12.1 Å². The van der Waals surface area contributed by atoms with Crippen LogP contribution < -0.4 is 21.1 Å². The Morgan fingerprint density at radius 2 is 2.16 bits per heavy atom. The second kappa shape index (κ2) is 7.90. The molecule has 2 unspecified atom stereocenters. The summed E-state index contributed by atoms with van der Waals surface area (Å²) in [6, 6.07) is 10.7. The summed E-state index contributed by atoms with van der Waals surface area (Å²) in [7, 11) is 0. The topological polar surface area (TPSA) is 106 Å². The van der Waals surface area contributed by atoms with Crippen molar-refractivity contribution in [3.63, 3.8) is 0 Å². The van der Waals surface area contributed by atoms with Gasteiger partial charge in [-0.3, -0.25) is 4.90 Å². The Kier molecular flexibility index (Phi) is 4.87. The van der Waals surface area contributed by atoms with Crippen LogP contribution in [-0.4, -0.2) is 39.6 Å². The van der Waals surface area contributed by atoms with E-state index in [0.717, 1.165) is 46.8 Å². The van der Waals surface area contributed by atoms with Crippen LogP contribution in [0.15, 0.2) is 52.1 Å². The fourth-order valence-corrected chi connectivity index (χ4v) is 6.28. The minimum absolute atomic E-state index is 0.186. The summed E-state index contributed by atoms with van der Waals surface area (Å²) in [5, 5.41) is 7.30. The van der Waals surface area contributed by atoms with E-state index in [4.69, 9.17) is 14.9 Å². The number of fused-ring (bicyclic) bond motifs is 4. The average Bonchev–Trinajstić information content (AvgIpc) is 3.42. The Bertz CT molecular complexity index is 1130. The molecule has 9 heteroatoms. The molecule has 2 bridgehead atoms. The number of benzene rings is 1. The van der Waals surface area contributed by atoms with Gasteiger partial charge in [-0.2, -0.15) is 0 Å². The number of aromatic nitrogens is 1.